The van der Waals surface area contributed by atoms with Gasteiger partial charge in [0.25, 0.3) is 5.89 Å². The van der Waals surface area contributed by atoms with E-state index >= 15 is 0 Å². The van der Waals surface area contributed by atoms with E-state index in [-0.39, 0.29) is 0 Å². The van der Waals surface area contributed by atoms with E-state index in [4.69, 9.17) is 10.3 Å². The first kappa shape index (κ1) is 13.3. The topological polar surface area (TPSA) is 64.9 Å². The average Bonchev–Trinajstić information content (AvgIpc) is 2.94. The summed E-state index contributed by atoms with van der Waals surface area (Å²) in [6.07, 6.45) is 4.12. The van der Waals surface area contributed by atoms with Crippen LogP contribution in [0, 0.1) is 12.8 Å². The van der Waals surface area contributed by atoms with Crippen molar-refractivity contribution in [3.05, 3.63) is 35.7 Å². The molecule has 0 amide bonds. The van der Waals surface area contributed by atoms with Gasteiger partial charge in [0.05, 0.1) is 5.54 Å². The third-order valence-electron chi connectivity index (χ3n) is 4.34. The number of aromatic nitrogens is 2. The predicted octanol–water partition coefficient (Wildman–Crippen LogP) is 3.41. The average molecular weight is 271 g/mol. The fourth-order valence-corrected chi connectivity index (χ4v) is 2.74. The van der Waals surface area contributed by atoms with Crippen LogP contribution in [0.3, 0.4) is 0 Å². The van der Waals surface area contributed by atoms with Crippen LogP contribution in [0.2, 0.25) is 0 Å². The summed E-state index contributed by atoms with van der Waals surface area (Å²) in [5.41, 5.74) is 8.21. The van der Waals surface area contributed by atoms with Crippen LogP contribution in [0.15, 0.2) is 28.8 Å². The molecule has 3 rings (SSSR count). The van der Waals surface area contributed by atoms with E-state index in [2.05, 4.69) is 24.0 Å². The Kier molecular flexibility index (Phi) is 3.34. The lowest BCUT2D eigenvalue weighted by atomic mass is 9.77. The Labute approximate surface area is 119 Å². The van der Waals surface area contributed by atoms with Crippen LogP contribution >= 0.6 is 0 Å². The monoisotopic (exact) mass is 271 g/mol. The Hall–Kier alpha value is -1.68. The van der Waals surface area contributed by atoms with Crippen LogP contribution in [-0.2, 0) is 5.54 Å². The second-order valence-corrected chi connectivity index (χ2v) is 6.13. The zero-order valence-electron chi connectivity index (χ0n) is 12.1. The van der Waals surface area contributed by atoms with Crippen LogP contribution in [0.25, 0.3) is 11.5 Å². The molecule has 0 atom stereocenters. The van der Waals surface area contributed by atoms with Gasteiger partial charge in [0.15, 0.2) is 5.82 Å². The minimum atomic E-state index is -0.418. The molecule has 0 saturated heterocycles. The van der Waals surface area contributed by atoms with Gasteiger partial charge in [-0.3, -0.25) is 0 Å². The summed E-state index contributed by atoms with van der Waals surface area (Å²) >= 11 is 0. The third kappa shape index (κ3) is 2.48. The van der Waals surface area contributed by atoms with Crippen LogP contribution in [0.1, 0.15) is 44.0 Å². The van der Waals surface area contributed by atoms with Gasteiger partial charge in [-0.2, -0.15) is 4.98 Å². The molecule has 0 aliphatic heterocycles. The van der Waals surface area contributed by atoms with Crippen LogP contribution in [-0.4, -0.2) is 10.1 Å². The lowest BCUT2D eigenvalue weighted by Gasteiger charge is -2.33. The minimum absolute atomic E-state index is 0.418. The van der Waals surface area contributed by atoms with E-state index in [1.807, 2.05) is 24.3 Å². The van der Waals surface area contributed by atoms with Crippen molar-refractivity contribution in [2.24, 2.45) is 11.7 Å². The molecular formula is C16H21N3O. The Morgan fingerprint density at radius 1 is 1.20 bits per heavy atom. The molecule has 0 radical (unpaired) electrons. The molecule has 1 fully saturated rings. The first-order chi connectivity index (χ1) is 9.57. The molecule has 0 spiro atoms. The van der Waals surface area contributed by atoms with E-state index < -0.39 is 5.54 Å². The fourth-order valence-electron chi connectivity index (χ4n) is 2.74. The van der Waals surface area contributed by atoms with Gasteiger partial charge in [-0.15, -0.1) is 0 Å². The number of hydrogen-bond donors (Lipinski definition) is 1. The summed E-state index contributed by atoms with van der Waals surface area (Å²) in [7, 11) is 0. The van der Waals surface area contributed by atoms with Gasteiger partial charge in [0.1, 0.15) is 0 Å². The van der Waals surface area contributed by atoms with Gasteiger partial charge >= 0.3 is 0 Å². The standard InChI is InChI=1S/C16H21N3O/c1-11-3-5-13(6-4-11)14-18-15(19-20-14)16(17)9-7-12(2)8-10-16/h3-6,12H,7-10,17H2,1-2H3. The summed E-state index contributed by atoms with van der Waals surface area (Å²) in [4.78, 5) is 4.53. The highest BCUT2D eigenvalue weighted by atomic mass is 16.5. The zero-order chi connectivity index (χ0) is 14.2. The maximum absolute atomic E-state index is 6.47. The molecule has 1 aromatic carbocycles. The largest absolute Gasteiger partial charge is 0.334 e. The highest BCUT2D eigenvalue weighted by Crippen LogP contribution is 2.36. The van der Waals surface area contributed by atoms with E-state index in [9.17, 15) is 0 Å². The predicted molar refractivity (Wildman–Crippen MR) is 78.0 cm³/mol. The molecule has 1 aromatic heterocycles. The summed E-state index contributed by atoms with van der Waals surface area (Å²) in [5.74, 6) is 1.96. The van der Waals surface area contributed by atoms with Crippen molar-refractivity contribution in [2.75, 3.05) is 0 Å². The summed E-state index contributed by atoms with van der Waals surface area (Å²) < 4.78 is 5.39. The molecule has 4 heteroatoms. The molecular weight excluding hydrogens is 250 g/mol. The van der Waals surface area contributed by atoms with Crippen molar-refractivity contribution in [1.82, 2.24) is 10.1 Å². The van der Waals surface area contributed by atoms with Gasteiger partial charge in [-0.1, -0.05) is 29.8 Å². The zero-order valence-corrected chi connectivity index (χ0v) is 12.1. The van der Waals surface area contributed by atoms with Gasteiger partial charge in [-0.05, 0) is 50.7 Å². The van der Waals surface area contributed by atoms with Crippen LogP contribution < -0.4 is 5.73 Å². The van der Waals surface area contributed by atoms with E-state index in [0.717, 1.165) is 37.2 Å². The Morgan fingerprint density at radius 2 is 1.85 bits per heavy atom. The lowest BCUT2D eigenvalue weighted by Crippen LogP contribution is -2.41. The fraction of sp³-hybridized carbons (Fsp3) is 0.500. The second-order valence-electron chi connectivity index (χ2n) is 6.13. The summed E-state index contributed by atoms with van der Waals surface area (Å²) in [6, 6.07) is 8.08. The lowest BCUT2D eigenvalue weighted by molar-refractivity contribution is 0.230. The number of hydrogen-bond acceptors (Lipinski definition) is 4. The summed E-state index contributed by atoms with van der Waals surface area (Å²) in [5, 5.41) is 4.12. The first-order valence-corrected chi connectivity index (χ1v) is 7.27. The quantitative estimate of drug-likeness (QED) is 0.909. The molecule has 0 bridgehead atoms. The second kappa shape index (κ2) is 5.02. The van der Waals surface area contributed by atoms with Crippen LogP contribution in [0.5, 0.6) is 0 Å². The highest BCUT2D eigenvalue weighted by molar-refractivity contribution is 5.53. The number of nitrogens with zero attached hydrogens (tertiary/aromatic N) is 2. The van der Waals surface area contributed by atoms with Crippen molar-refractivity contribution in [3.63, 3.8) is 0 Å². The van der Waals surface area contributed by atoms with Gasteiger partial charge in [0.2, 0.25) is 0 Å². The molecule has 20 heavy (non-hydrogen) atoms. The van der Waals surface area contributed by atoms with Gasteiger partial charge in [0, 0.05) is 5.56 Å². The number of rotatable bonds is 2. The third-order valence-corrected chi connectivity index (χ3v) is 4.34. The normalized spacial score (nSPS) is 26.6. The number of nitrogens with two attached hydrogens (primary N) is 1. The molecule has 2 aromatic rings. The van der Waals surface area contributed by atoms with E-state index in [1.54, 1.807) is 0 Å². The number of aryl methyl sites for hydroxylation is 1. The summed E-state index contributed by atoms with van der Waals surface area (Å²) in [6.45, 7) is 4.33. The SMILES string of the molecule is Cc1ccc(-c2nc(C3(N)CCC(C)CC3)no2)cc1. The highest BCUT2D eigenvalue weighted by Gasteiger charge is 2.36. The number of benzene rings is 1. The van der Waals surface area contributed by atoms with Gasteiger partial charge < -0.3 is 10.3 Å². The van der Waals surface area contributed by atoms with Crippen molar-refractivity contribution >= 4 is 0 Å². The smallest absolute Gasteiger partial charge is 0.257 e. The Bertz CT molecular complexity index is 580. The maximum atomic E-state index is 6.47. The molecule has 1 heterocycles. The van der Waals surface area contributed by atoms with Crippen molar-refractivity contribution < 1.29 is 4.52 Å². The van der Waals surface area contributed by atoms with Crippen molar-refractivity contribution in [3.8, 4) is 11.5 Å². The Morgan fingerprint density at radius 3 is 2.50 bits per heavy atom. The van der Waals surface area contributed by atoms with E-state index in [1.165, 1.54) is 5.56 Å². The molecule has 106 valence electrons. The molecule has 4 nitrogen and oxygen atoms in total. The van der Waals surface area contributed by atoms with E-state index in [0.29, 0.717) is 11.7 Å². The molecule has 1 aliphatic carbocycles. The molecule has 0 unspecified atom stereocenters. The Balaban J connectivity index is 1.85. The maximum Gasteiger partial charge on any atom is 0.257 e. The molecule has 1 saturated carbocycles. The first-order valence-electron chi connectivity index (χ1n) is 7.27. The van der Waals surface area contributed by atoms with Gasteiger partial charge in [-0.25, -0.2) is 0 Å². The molecule has 1 aliphatic rings. The van der Waals surface area contributed by atoms with Crippen molar-refractivity contribution in [1.29, 1.82) is 0 Å². The minimum Gasteiger partial charge on any atom is -0.334 e. The van der Waals surface area contributed by atoms with Crippen molar-refractivity contribution in [2.45, 2.75) is 45.1 Å². The molecule has 2 N–H and O–H groups in total. The van der Waals surface area contributed by atoms with Crippen LogP contribution in [0.4, 0.5) is 0 Å².